The molecule has 0 N–H and O–H groups in total. The van der Waals surface area contributed by atoms with Gasteiger partial charge in [-0.2, -0.15) is 0 Å². The molecule has 24 heavy (non-hydrogen) atoms. The van der Waals surface area contributed by atoms with Crippen LogP contribution in [0.1, 0.15) is 45.4 Å². The number of esters is 1. The summed E-state index contributed by atoms with van der Waals surface area (Å²) in [5.74, 6) is 1.01. The first-order chi connectivity index (χ1) is 11.5. The zero-order valence-electron chi connectivity index (χ0n) is 14.9. The van der Waals surface area contributed by atoms with E-state index in [1.807, 2.05) is 11.8 Å². The smallest absolute Gasteiger partial charge is 0.340 e. The van der Waals surface area contributed by atoms with Crippen molar-refractivity contribution in [2.45, 2.75) is 68.9 Å². The number of thioether (sulfide) groups is 1. The van der Waals surface area contributed by atoms with Crippen LogP contribution in [0.2, 0.25) is 0 Å². The Kier molecular flexibility index (Phi) is 4.50. The van der Waals surface area contributed by atoms with Gasteiger partial charge in [0.15, 0.2) is 0 Å². The quantitative estimate of drug-likeness (QED) is 0.718. The molecule has 0 saturated heterocycles. The summed E-state index contributed by atoms with van der Waals surface area (Å²) in [5, 5.41) is 1.52. The molecule has 0 aromatic carbocycles. The van der Waals surface area contributed by atoms with Gasteiger partial charge in [0.25, 0.3) is 0 Å². The van der Waals surface area contributed by atoms with Crippen LogP contribution in [0.15, 0.2) is 16.6 Å². The summed E-state index contributed by atoms with van der Waals surface area (Å²) in [7, 11) is 4.23. The number of fused-ring (bicyclic) bond motifs is 2. The Morgan fingerprint density at radius 2 is 2.04 bits per heavy atom. The normalized spacial score (nSPS) is 42.1. The van der Waals surface area contributed by atoms with Gasteiger partial charge < -0.3 is 9.64 Å². The average molecular weight is 349 g/mol. The van der Waals surface area contributed by atoms with Crippen molar-refractivity contribution in [1.82, 2.24) is 4.90 Å². The van der Waals surface area contributed by atoms with Gasteiger partial charge in [-0.25, -0.2) is 4.79 Å². The van der Waals surface area contributed by atoms with Gasteiger partial charge in [0, 0.05) is 23.6 Å². The van der Waals surface area contributed by atoms with E-state index in [1.165, 1.54) is 25.7 Å². The highest BCUT2D eigenvalue weighted by Gasteiger charge is 2.42. The first-order valence-corrected chi connectivity index (χ1v) is 10.2. The summed E-state index contributed by atoms with van der Waals surface area (Å²) >= 11 is 1.83. The van der Waals surface area contributed by atoms with Crippen molar-refractivity contribution in [2.75, 3.05) is 14.1 Å². The molecule has 6 atom stereocenters. The molecule has 0 bridgehead atoms. The molecule has 132 valence electrons. The fourth-order valence-electron chi connectivity index (χ4n) is 4.61. The minimum absolute atomic E-state index is 0.0525. The largest absolute Gasteiger partial charge is 0.458 e. The first kappa shape index (κ1) is 16.6. The number of hydrogen-bond donors (Lipinski definition) is 0. The molecule has 2 aliphatic heterocycles. The number of hydrogen-bond acceptors (Lipinski definition) is 5. The molecule has 2 aliphatic carbocycles. The van der Waals surface area contributed by atoms with E-state index >= 15 is 0 Å². The molecule has 4 rings (SSSR count). The topological polar surface area (TPSA) is 41.9 Å². The maximum Gasteiger partial charge on any atom is 0.340 e. The van der Waals surface area contributed by atoms with E-state index in [0.717, 1.165) is 29.4 Å². The average Bonchev–Trinajstić information content (AvgIpc) is 2.96. The van der Waals surface area contributed by atoms with Crippen LogP contribution >= 0.6 is 11.8 Å². The van der Waals surface area contributed by atoms with Crippen LogP contribution in [0.3, 0.4) is 0 Å². The Bertz CT molecular complexity index is 586. The monoisotopic (exact) mass is 348 g/mol. The van der Waals surface area contributed by atoms with Crippen LogP contribution in [0.5, 0.6) is 0 Å². The van der Waals surface area contributed by atoms with E-state index in [1.54, 1.807) is 0 Å². The lowest BCUT2D eigenvalue weighted by Crippen LogP contribution is -2.43. The van der Waals surface area contributed by atoms with Gasteiger partial charge >= 0.3 is 5.97 Å². The molecule has 0 aromatic heterocycles. The van der Waals surface area contributed by atoms with Crippen molar-refractivity contribution >= 4 is 22.8 Å². The maximum atomic E-state index is 12.6. The molecular weight excluding hydrogens is 320 g/mol. The summed E-state index contributed by atoms with van der Waals surface area (Å²) < 4.78 is 5.84. The first-order valence-electron chi connectivity index (χ1n) is 9.35. The fraction of sp³-hybridized carbons (Fsp3) is 0.789. The van der Waals surface area contributed by atoms with E-state index < -0.39 is 0 Å². The summed E-state index contributed by atoms with van der Waals surface area (Å²) in [6, 6.07) is 0.939. The second kappa shape index (κ2) is 6.49. The molecule has 2 saturated carbocycles. The van der Waals surface area contributed by atoms with Crippen molar-refractivity contribution in [2.24, 2.45) is 16.8 Å². The van der Waals surface area contributed by atoms with Gasteiger partial charge in [-0.1, -0.05) is 13.0 Å². The highest BCUT2D eigenvalue weighted by Crippen LogP contribution is 2.43. The molecule has 0 aromatic rings. The highest BCUT2D eigenvalue weighted by atomic mass is 32.2. The van der Waals surface area contributed by atoms with Crippen molar-refractivity contribution < 1.29 is 9.53 Å². The van der Waals surface area contributed by atoms with E-state index in [0.29, 0.717) is 23.3 Å². The van der Waals surface area contributed by atoms with Crippen molar-refractivity contribution in [3.63, 3.8) is 0 Å². The second-order valence-electron chi connectivity index (χ2n) is 8.19. The van der Waals surface area contributed by atoms with Gasteiger partial charge in [-0.3, -0.25) is 4.99 Å². The van der Waals surface area contributed by atoms with Crippen LogP contribution in [0, 0.1) is 11.8 Å². The van der Waals surface area contributed by atoms with Crippen molar-refractivity contribution in [1.29, 1.82) is 0 Å². The maximum absolute atomic E-state index is 12.6. The zero-order valence-corrected chi connectivity index (χ0v) is 15.7. The van der Waals surface area contributed by atoms with Gasteiger partial charge in [0.1, 0.15) is 11.1 Å². The lowest BCUT2D eigenvalue weighted by atomic mass is 9.80. The summed E-state index contributed by atoms with van der Waals surface area (Å²) in [5.41, 5.74) is 0.756. The number of ether oxygens (including phenoxy) is 1. The van der Waals surface area contributed by atoms with E-state index in [9.17, 15) is 4.79 Å². The molecule has 4 aliphatic rings. The van der Waals surface area contributed by atoms with Crippen LogP contribution in [-0.2, 0) is 9.53 Å². The van der Waals surface area contributed by atoms with Gasteiger partial charge in [-0.05, 0) is 52.1 Å². The third-order valence-electron chi connectivity index (χ3n) is 6.20. The summed E-state index contributed by atoms with van der Waals surface area (Å²) in [6.07, 6.45) is 9.13. The molecular formula is C19H28N2O2S. The Morgan fingerprint density at radius 3 is 2.83 bits per heavy atom. The molecule has 2 fully saturated rings. The Labute approximate surface area is 149 Å². The lowest BCUT2D eigenvalue weighted by molar-refractivity contribution is -0.150. The van der Waals surface area contributed by atoms with Gasteiger partial charge in [-0.15, -0.1) is 11.8 Å². The van der Waals surface area contributed by atoms with Crippen LogP contribution in [0.4, 0.5) is 0 Å². The van der Waals surface area contributed by atoms with Gasteiger partial charge in [0.2, 0.25) is 0 Å². The Hall–Kier alpha value is -0.810. The lowest BCUT2D eigenvalue weighted by Gasteiger charge is -2.39. The van der Waals surface area contributed by atoms with Crippen molar-refractivity contribution in [3.05, 3.63) is 11.6 Å². The molecule has 2 heterocycles. The van der Waals surface area contributed by atoms with Gasteiger partial charge in [0.05, 0.1) is 11.6 Å². The predicted molar refractivity (Wildman–Crippen MR) is 98.4 cm³/mol. The minimum Gasteiger partial charge on any atom is -0.458 e. The number of carbonyl (C=O) groups excluding carboxylic acids is 1. The predicted octanol–water partition coefficient (Wildman–Crippen LogP) is 3.27. The van der Waals surface area contributed by atoms with Crippen molar-refractivity contribution in [3.8, 4) is 0 Å². The van der Waals surface area contributed by atoms with Crippen LogP contribution in [-0.4, -0.2) is 53.4 Å². The standard InChI is InChI=1S/C19H28N2O2S/c1-11-4-7-15-17(8-11)24-18(20-15)14-9-12-5-6-13(21(2)3)10-16(12)23-19(14)22/h9,11-13,15-17H,4-8,10H2,1-3H3. The molecule has 0 radical (unpaired) electrons. The van der Waals surface area contributed by atoms with E-state index in [4.69, 9.17) is 9.73 Å². The Morgan fingerprint density at radius 1 is 1.21 bits per heavy atom. The number of carbonyl (C=O) groups is 1. The number of aliphatic imine (C=N–C) groups is 1. The molecule has 0 amide bonds. The summed E-state index contributed by atoms with van der Waals surface area (Å²) in [4.78, 5) is 19.7. The zero-order chi connectivity index (χ0) is 16.8. The highest BCUT2D eigenvalue weighted by molar-refractivity contribution is 8.15. The fourth-order valence-corrected chi connectivity index (χ4v) is 6.15. The molecule has 0 spiro atoms. The molecule has 5 heteroatoms. The van der Waals surface area contributed by atoms with E-state index in [2.05, 4.69) is 32.0 Å². The second-order valence-corrected chi connectivity index (χ2v) is 9.42. The molecule has 6 unspecified atom stereocenters. The SMILES string of the molecule is CC1CCC2N=C(C3=CC4CCC(N(C)C)CC4OC3=O)SC2C1. The Balaban J connectivity index is 1.50. The summed E-state index contributed by atoms with van der Waals surface area (Å²) in [6.45, 7) is 2.33. The number of nitrogens with zero attached hydrogens (tertiary/aromatic N) is 2. The minimum atomic E-state index is -0.145. The third kappa shape index (κ3) is 3.05. The van der Waals surface area contributed by atoms with E-state index in [-0.39, 0.29) is 12.1 Å². The van der Waals surface area contributed by atoms with Crippen LogP contribution in [0.25, 0.3) is 0 Å². The van der Waals surface area contributed by atoms with Crippen LogP contribution < -0.4 is 0 Å². The molecule has 4 nitrogen and oxygen atoms in total. The number of rotatable bonds is 2. The third-order valence-corrected chi connectivity index (χ3v) is 7.56.